The van der Waals surface area contributed by atoms with Crippen LogP contribution in [0.25, 0.3) is 0 Å². The van der Waals surface area contributed by atoms with Crippen molar-refractivity contribution in [2.75, 3.05) is 5.88 Å². The van der Waals surface area contributed by atoms with Gasteiger partial charge in [0.1, 0.15) is 11.3 Å². The molecule has 2 atom stereocenters. The number of ether oxygens (including phenoxy) is 1. The summed E-state index contributed by atoms with van der Waals surface area (Å²) in [6.07, 6.45) is 0.673. The van der Waals surface area contributed by atoms with Gasteiger partial charge in [-0.2, -0.15) is 0 Å². The number of para-hydroxylation sites is 1. The molecule has 0 radical (unpaired) electrons. The van der Waals surface area contributed by atoms with E-state index in [-0.39, 0.29) is 26.7 Å². The summed E-state index contributed by atoms with van der Waals surface area (Å²) >= 11 is 24.2. The Balaban J connectivity index is 1.97. The molecule has 0 bridgehead atoms. The summed E-state index contributed by atoms with van der Waals surface area (Å²) < 4.78 is 24.5. The zero-order valence-electron chi connectivity index (χ0n) is 14.5. The van der Waals surface area contributed by atoms with Gasteiger partial charge < -0.3 is 14.2 Å². The second kappa shape index (κ2) is 7.67. The average molecular weight is 470 g/mol. The molecule has 0 saturated carbocycles. The number of rotatable bonds is 5. The zero-order chi connectivity index (χ0) is 20.0. The summed E-state index contributed by atoms with van der Waals surface area (Å²) in [7, 11) is -4.28. The van der Waals surface area contributed by atoms with Crippen LogP contribution in [-0.4, -0.2) is 16.4 Å². The van der Waals surface area contributed by atoms with Crippen LogP contribution in [0.2, 0.25) is 15.1 Å². The van der Waals surface area contributed by atoms with Crippen molar-refractivity contribution < 1.29 is 18.7 Å². The molecule has 1 N–H and O–H groups in total. The van der Waals surface area contributed by atoms with E-state index in [1.54, 1.807) is 12.1 Å². The number of halogens is 4. The maximum atomic E-state index is 13.1. The van der Waals surface area contributed by atoms with E-state index in [1.807, 2.05) is 19.9 Å². The van der Waals surface area contributed by atoms with Crippen LogP contribution in [0.15, 0.2) is 30.3 Å². The van der Waals surface area contributed by atoms with Gasteiger partial charge in [-0.25, -0.2) is 4.57 Å². The Morgan fingerprint density at radius 3 is 2.56 bits per heavy atom. The molecule has 0 saturated heterocycles. The third-order valence-electron chi connectivity index (χ3n) is 4.22. The highest BCUT2D eigenvalue weighted by molar-refractivity contribution is 7.53. The smallest absolute Gasteiger partial charge is 0.385 e. The SMILES string of the molecule is CC1(C)Cc2cccc(OP(=O)(O)C(CCl)c3cc(Cl)c(Cl)cc3Cl)c2O1. The number of benzene rings is 2. The summed E-state index contributed by atoms with van der Waals surface area (Å²) in [6.45, 7) is 3.87. The van der Waals surface area contributed by atoms with Gasteiger partial charge in [-0.3, -0.25) is 0 Å². The molecule has 4 nitrogen and oxygen atoms in total. The van der Waals surface area contributed by atoms with E-state index in [2.05, 4.69) is 0 Å². The Hall–Kier alpha value is -0.610. The first-order valence-electron chi connectivity index (χ1n) is 8.07. The van der Waals surface area contributed by atoms with E-state index in [1.165, 1.54) is 12.1 Å². The van der Waals surface area contributed by atoms with Crippen molar-refractivity contribution >= 4 is 54.0 Å². The number of fused-ring (bicyclic) bond motifs is 1. The van der Waals surface area contributed by atoms with Gasteiger partial charge in [0.2, 0.25) is 0 Å². The van der Waals surface area contributed by atoms with E-state index < -0.39 is 18.9 Å². The standard InChI is InChI=1S/C18H17Cl4O4P/c1-18(2)8-10-4-3-5-15(17(10)25-18)26-27(23,24)16(9-19)11-6-13(21)14(22)7-12(11)20/h3-7,16H,8-9H2,1-2H3,(H,23,24). The minimum absolute atomic E-state index is 0.184. The summed E-state index contributed by atoms with van der Waals surface area (Å²) in [5.74, 6) is 0.452. The molecule has 0 aromatic heterocycles. The minimum atomic E-state index is -4.28. The largest absolute Gasteiger partial charge is 0.483 e. The monoisotopic (exact) mass is 468 g/mol. The summed E-state index contributed by atoms with van der Waals surface area (Å²) in [6, 6.07) is 8.08. The van der Waals surface area contributed by atoms with Gasteiger partial charge in [-0.05, 0) is 37.6 Å². The van der Waals surface area contributed by atoms with Crippen molar-refractivity contribution in [3.63, 3.8) is 0 Å². The van der Waals surface area contributed by atoms with Crippen LogP contribution < -0.4 is 9.26 Å². The van der Waals surface area contributed by atoms with Gasteiger partial charge in [0.05, 0.1) is 10.0 Å². The lowest BCUT2D eigenvalue weighted by atomic mass is 10.0. The topological polar surface area (TPSA) is 55.8 Å². The predicted molar refractivity (Wildman–Crippen MR) is 110 cm³/mol. The Kier molecular flexibility index (Phi) is 5.99. The van der Waals surface area contributed by atoms with Crippen LogP contribution in [0.1, 0.15) is 30.6 Å². The number of alkyl halides is 1. The van der Waals surface area contributed by atoms with E-state index in [9.17, 15) is 9.46 Å². The maximum absolute atomic E-state index is 13.1. The summed E-state index contributed by atoms with van der Waals surface area (Å²) in [4.78, 5) is 10.7. The van der Waals surface area contributed by atoms with Gasteiger partial charge in [-0.15, -0.1) is 11.6 Å². The van der Waals surface area contributed by atoms with Gasteiger partial charge in [0.15, 0.2) is 11.5 Å². The van der Waals surface area contributed by atoms with Crippen LogP contribution >= 0.6 is 54.0 Å². The van der Waals surface area contributed by atoms with E-state index in [0.29, 0.717) is 17.7 Å². The van der Waals surface area contributed by atoms with Gasteiger partial charge in [0, 0.05) is 22.9 Å². The van der Waals surface area contributed by atoms with Crippen LogP contribution in [0, 0.1) is 0 Å². The second-order valence-corrected chi connectivity index (χ2v) is 10.4. The molecule has 1 heterocycles. The quantitative estimate of drug-likeness (QED) is 0.293. The average Bonchev–Trinajstić information content (AvgIpc) is 2.87. The Bertz CT molecular complexity index is 932. The Morgan fingerprint density at radius 1 is 1.22 bits per heavy atom. The lowest BCUT2D eigenvalue weighted by Crippen LogP contribution is -2.24. The highest BCUT2D eigenvalue weighted by Gasteiger charge is 2.39. The lowest BCUT2D eigenvalue weighted by Gasteiger charge is -2.24. The van der Waals surface area contributed by atoms with Crippen molar-refractivity contribution in [3.05, 3.63) is 56.5 Å². The van der Waals surface area contributed by atoms with Crippen LogP contribution in [0.5, 0.6) is 11.5 Å². The highest BCUT2D eigenvalue weighted by atomic mass is 35.5. The van der Waals surface area contributed by atoms with Crippen LogP contribution in [-0.2, 0) is 11.0 Å². The first-order valence-corrected chi connectivity index (χ1v) is 11.4. The fourth-order valence-corrected chi connectivity index (χ4v) is 5.75. The molecule has 2 aromatic rings. The minimum Gasteiger partial charge on any atom is -0.483 e. The molecular weight excluding hydrogens is 453 g/mol. The predicted octanol–water partition coefficient (Wildman–Crippen LogP) is 6.90. The Morgan fingerprint density at radius 2 is 1.89 bits per heavy atom. The first kappa shape index (κ1) is 21.1. The molecule has 2 aromatic carbocycles. The van der Waals surface area contributed by atoms with Crippen LogP contribution in [0.4, 0.5) is 0 Å². The third-order valence-corrected chi connectivity index (χ3v) is 7.50. The summed E-state index contributed by atoms with van der Waals surface area (Å²) in [5, 5.41) is 0.629. The molecule has 3 rings (SSSR count). The zero-order valence-corrected chi connectivity index (χ0v) is 18.4. The lowest BCUT2D eigenvalue weighted by molar-refractivity contribution is 0.135. The van der Waals surface area contributed by atoms with Crippen molar-refractivity contribution in [1.82, 2.24) is 0 Å². The van der Waals surface area contributed by atoms with E-state index in [0.717, 1.165) is 5.56 Å². The molecule has 0 fully saturated rings. The fraction of sp³-hybridized carbons (Fsp3) is 0.333. The molecule has 9 heteroatoms. The Labute approximate surface area is 177 Å². The molecule has 27 heavy (non-hydrogen) atoms. The van der Waals surface area contributed by atoms with Crippen LogP contribution in [0.3, 0.4) is 0 Å². The van der Waals surface area contributed by atoms with E-state index in [4.69, 9.17) is 55.7 Å². The molecule has 146 valence electrons. The normalized spacial score (nSPS) is 18.3. The van der Waals surface area contributed by atoms with Crippen molar-refractivity contribution in [1.29, 1.82) is 0 Å². The number of hydrogen-bond acceptors (Lipinski definition) is 3. The molecule has 0 spiro atoms. The van der Waals surface area contributed by atoms with E-state index >= 15 is 0 Å². The fourth-order valence-electron chi connectivity index (χ4n) is 3.00. The van der Waals surface area contributed by atoms with Crippen molar-refractivity contribution in [2.45, 2.75) is 31.5 Å². The molecule has 0 aliphatic carbocycles. The molecule has 2 unspecified atom stereocenters. The molecule has 1 aliphatic heterocycles. The van der Waals surface area contributed by atoms with Gasteiger partial charge in [0.25, 0.3) is 0 Å². The molecule has 1 aliphatic rings. The molecular formula is C18H17Cl4O4P. The maximum Gasteiger partial charge on any atom is 0.385 e. The third kappa shape index (κ3) is 4.37. The highest BCUT2D eigenvalue weighted by Crippen LogP contribution is 2.60. The second-order valence-electron chi connectivity index (χ2n) is 6.90. The van der Waals surface area contributed by atoms with Crippen molar-refractivity contribution in [3.8, 4) is 11.5 Å². The van der Waals surface area contributed by atoms with Crippen molar-refractivity contribution in [2.24, 2.45) is 0 Å². The first-order chi connectivity index (χ1) is 12.5. The van der Waals surface area contributed by atoms with Gasteiger partial charge in [-0.1, -0.05) is 46.9 Å². The number of hydrogen-bond donors (Lipinski definition) is 1. The summed E-state index contributed by atoms with van der Waals surface area (Å²) in [5.41, 5.74) is -0.305. The molecule has 0 amide bonds. The van der Waals surface area contributed by atoms with Gasteiger partial charge >= 0.3 is 7.60 Å².